The molecule has 0 saturated heterocycles. The number of anilines is 1. The lowest BCUT2D eigenvalue weighted by Crippen LogP contribution is -2.07. The molecule has 3 N–H and O–H groups in total. The van der Waals surface area contributed by atoms with Crippen molar-refractivity contribution in [1.82, 2.24) is 4.98 Å². The molecule has 0 saturated carbocycles. The maximum Gasteiger partial charge on any atom is 0.198 e. The van der Waals surface area contributed by atoms with E-state index in [1.165, 1.54) is 0 Å². The van der Waals surface area contributed by atoms with Crippen molar-refractivity contribution in [2.45, 2.75) is 6.92 Å². The Bertz CT molecular complexity index is 805. The third-order valence-electron chi connectivity index (χ3n) is 3.41. The molecule has 0 aliphatic heterocycles. The number of H-pyrrole nitrogens is 1. The Kier molecular flexibility index (Phi) is 3.36. The third-order valence-corrected chi connectivity index (χ3v) is 3.41. The molecule has 3 rings (SSSR count). The van der Waals surface area contributed by atoms with E-state index in [-0.39, 0.29) is 5.78 Å². The minimum atomic E-state index is -0.0943. The van der Waals surface area contributed by atoms with Gasteiger partial charge in [-0.05, 0) is 25.1 Å². The van der Waals surface area contributed by atoms with Crippen LogP contribution in [0.25, 0.3) is 10.9 Å². The molecule has 21 heavy (non-hydrogen) atoms. The van der Waals surface area contributed by atoms with Crippen LogP contribution < -0.4 is 10.5 Å². The first-order valence-electron chi connectivity index (χ1n) is 6.84. The van der Waals surface area contributed by atoms with Crippen LogP contribution in [0.2, 0.25) is 0 Å². The zero-order valence-electron chi connectivity index (χ0n) is 11.7. The van der Waals surface area contributed by atoms with E-state index >= 15 is 0 Å². The third kappa shape index (κ3) is 2.25. The van der Waals surface area contributed by atoms with E-state index in [1.54, 1.807) is 24.4 Å². The van der Waals surface area contributed by atoms with Crippen molar-refractivity contribution in [3.05, 3.63) is 59.8 Å². The molecule has 106 valence electrons. The summed E-state index contributed by atoms with van der Waals surface area (Å²) in [5, 5.41) is 0.896. The number of rotatable bonds is 4. The van der Waals surface area contributed by atoms with E-state index in [1.807, 2.05) is 31.2 Å². The van der Waals surface area contributed by atoms with Crippen molar-refractivity contribution in [2.75, 3.05) is 12.3 Å². The number of nitrogens with one attached hydrogen (secondary N) is 1. The molecule has 0 aliphatic rings. The van der Waals surface area contributed by atoms with Gasteiger partial charge < -0.3 is 15.5 Å². The number of aromatic amines is 1. The molecule has 0 aliphatic carbocycles. The van der Waals surface area contributed by atoms with Crippen LogP contribution in [0, 0.1) is 0 Å². The second-order valence-electron chi connectivity index (χ2n) is 4.73. The molecular formula is C17H16N2O2. The van der Waals surface area contributed by atoms with Crippen LogP contribution in [0.15, 0.2) is 48.7 Å². The molecule has 1 heterocycles. The molecule has 0 spiro atoms. The summed E-state index contributed by atoms with van der Waals surface area (Å²) in [5.74, 6) is 0.360. The van der Waals surface area contributed by atoms with Crippen molar-refractivity contribution in [3.8, 4) is 5.75 Å². The summed E-state index contributed by atoms with van der Waals surface area (Å²) in [5.41, 5.74) is 8.44. The molecule has 0 fully saturated rings. The Hall–Kier alpha value is -2.75. The average Bonchev–Trinajstić information content (AvgIpc) is 2.93. The van der Waals surface area contributed by atoms with E-state index in [9.17, 15) is 4.79 Å². The number of ketones is 1. The average molecular weight is 280 g/mol. The molecule has 3 aromatic rings. The second kappa shape index (κ2) is 5.32. The summed E-state index contributed by atoms with van der Waals surface area (Å²) < 4.78 is 5.54. The number of carbonyl (C=O) groups is 1. The van der Waals surface area contributed by atoms with Crippen molar-refractivity contribution in [1.29, 1.82) is 0 Å². The van der Waals surface area contributed by atoms with Crippen molar-refractivity contribution >= 4 is 22.4 Å². The minimum Gasteiger partial charge on any atom is -0.491 e. The van der Waals surface area contributed by atoms with Crippen molar-refractivity contribution in [3.63, 3.8) is 0 Å². The summed E-state index contributed by atoms with van der Waals surface area (Å²) in [6.07, 6.45) is 1.73. The van der Waals surface area contributed by atoms with Gasteiger partial charge >= 0.3 is 0 Å². The van der Waals surface area contributed by atoms with Gasteiger partial charge in [0, 0.05) is 22.7 Å². The Balaban J connectivity index is 2.13. The topological polar surface area (TPSA) is 68.1 Å². The molecule has 4 nitrogen and oxygen atoms in total. The number of hydrogen-bond donors (Lipinski definition) is 2. The number of carbonyl (C=O) groups excluding carboxylic acids is 1. The number of aromatic nitrogens is 1. The number of para-hydroxylation sites is 2. The summed E-state index contributed by atoms with van der Waals surface area (Å²) in [7, 11) is 0. The first kappa shape index (κ1) is 13.2. The molecule has 4 heteroatoms. The van der Waals surface area contributed by atoms with Crippen LogP contribution in [0.3, 0.4) is 0 Å². The lowest BCUT2D eigenvalue weighted by molar-refractivity contribution is 0.103. The van der Waals surface area contributed by atoms with Gasteiger partial charge in [0.15, 0.2) is 11.5 Å². The van der Waals surface area contributed by atoms with Crippen LogP contribution in [-0.4, -0.2) is 17.4 Å². The number of nitrogens with two attached hydrogens (primary N) is 1. The maximum absolute atomic E-state index is 12.8. The minimum absolute atomic E-state index is 0.0943. The van der Waals surface area contributed by atoms with E-state index in [0.717, 1.165) is 10.9 Å². The zero-order valence-corrected chi connectivity index (χ0v) is 11.7. The summed E-state index contributed by atoms with van der Waals surface area (Å²) in [6, 6.07) is 12.9. The Morgan fingerprint density at radius 2 is 1.95 bits per heavy atom. The van der Waals surface area contributed by atoms with Crippen LogP contribution in [0.5, 0.6) is 5.75 Å². The maximum atomic E-state index is 12.8. The van der Waals surface area contributed by atoms with E-state index in [4.69, 9.17) is 10.5 Å². The van der Waals surface area contributed by atoms with Gasteiger partial charge in [-0.15, -0.1) is 0 Å². The smallest absolute Gasteiger partial charge is 0.198 e. The number of fused-ring (bicyclic) bond motifs is 1. The lowest BCUT2D eigenvalue weighted by Gasteiger charge is -2.11. The molecule has 2 aromatic carbocycles. The zero-order chi connectivity index (χ0) is 14.8. The largest absolute Gasteiger partial charge is 0.491 e. The SMILES string of the molecule is CCOc1c(N)cccc1C(=O)c1c[nH]c2ccccc12. The van der Waals surface area contributed by atoms with E-state index in [0.29, 0.717) is 29.2 Å². The van der Waals surface area contributed by atoms with E-state index in [2.05, 4.69) is 4.98 Å². The molecule has 0 atom stereocenters. The molecule has 0 radical (unpaired) electrons. The molecular weight excluding hydrogens is 264 g/mol. The first-order valence-corrected chi connectivity index (χ1v) is 6.84. The fourth-order valence-electron chi connectivity index (χ4n) is 2.44. The van der Waals surface area contributed by atoms with Crippen LogP contribution >= 0.6 is 0 Å². The predicted octanol–water partition coefficient (Wildman–Crippen LogP) is 3.38. The van der Waals surface area contributed by atoms with Gasteiger partial charge in [-0.1, -0.05) is 24.3 Å². The Morgan fingerprint density at radius 1 is 1.14 bits per heavy atom. The van der Waals surface area contributed by atoms with Gasteiger partial charge in [-0.2, -0.15) is 0 Å². The van der Waals surface area contributed by atoms with Gasteiger partial charge in [-0.3, -0.25) is 4.79 Å². The molecule has 0 amide bonds. The van der Waals surface area contributed by atoms with Crippen molar-refractivity contribution < 1.29 is 9.53 Å². The van der Waals surface area contributed by atoms with Gasteiger partial charge in [0.05, 0.1) is 17.9 Å². The summed E-state index contributed by atoms with van der Waals surface area (Å²) in [6.45, 7) is 2.33. The summed E-state index contributed by atoms with van der Waals surface area (Å²) >= 11 is 0. The normalized spacial score (nSPS) is 10.7. The predicted molar refractivity (Wildman–Crippen MR) is 83.8 cm³/mol. The van der Waals surface area contributed by atoms with Crippen molar-refractivity contribution in [2.24, 2.45) is 0 Å². The van der Waals surface area contributed by atoms with Crippen LogP contribution in [0.1, 0.15) is 22.8 Å². The highest BCUT2D eigenvalue weighted by atomic mass is 16.5. The van der Waals surface area contributed by atoms with Gasteiger partial charge in [0.25, 0.3) is 0 Å². The molecule has 0 bridgehead atoms. The molecule has 1 aromatic heterocycles. The summed E-state index contributed by atoms with van der Waals surface area (Å²) in [4.78, 5) is 15.9. The van der Waals surface area contributed by atoms with Gasteiger partial charge in [0.1, 0.15) is 0 Å². The fourth-order valence-corrected chi connectivity index (χ4v) is 2.44. The van der Waals surface area contributed by atoms with E-state index < -0.39 is 0 Å². The monoisotopic (exact) mass is 280 g/mol. The fraction of sp³-hybridized carbons (Fsp3) is 0.118. The number of hydrogen-bond acceptors (Lipinski definition) is 3. The Morgan fingerprint density at radius 3 is 2.76 bits per heavy atom. The number of nitrogen functional groups attached to an aromatic ring is 1. The standard InChI is InChI=1S/C17H16N2O2/c1-2-21-17-12(7-5-8-14(17)18)16(20)13-10-19-15-9-4-3-6-11(13)15/h3-10,19H,2,18H2,1H3. The number of ether oxygens (including phenoxy) is 1. The highest BCUT2D eigenvalue weighted by Crippen LogP contribution is 2.30. The quantitative estimate of drug-likeness (QED) is 0.568. The van der Waals surface area contributed by atoms with Crippen LogP contribution in [-0.2, 0) is 0 Å². The van der Waals surface area contributed by atoms with Crippen LogP contribution in [0.4, 0.5) is 5.69 Å². The molecule has 0 unspecified atom stereocenters. The van der Waals surface area contributed by atoms with Gasteiger partial charge in [-0.25, -0.2) is 0 Å². The lowest BCUT2D eigenvalue weighted by atomic mass is 10.0. The van der Waals surface area contributed by atoms with Gasteiger partial charge in [0.2, 0.25) is 0 Å². The second-order valence-corrected chi connectivity index (χ2v) is 4.73. The number of benzene rings is 2. The highest BCUT2D eigenvalue weighted by Gasteiger charge is 2.19. The first-order chi connectivity index (χ1) is 10.2. The Labute approximate surface area is 122 Å². The highest BCUT2D eigenvalue weighted by molar-refractivity contribution is 6.18.